The van der Waals surface area contributed by atoms with Crippen LogP contribution in [0.5, 0.6) is 0 Å². The third kappa shape index (κ3) is 1.88. The zero-order chi connectivity index (χ0) is 9.80. The molecule has 2 rings (SSSR count). The van der Waals surface area contributed by atoms with E-state index >= 15 is 0 Å². The second-order valence-electron chi connectivity index (χ2n) is 3.53. The number of benzene rings is 1. The second-order valence-corrected chi connectivity index (χ2v) is 3.53. The number of ether oxygens (including phenoxy) is 1. The third-order valence-electron chi connectivity index (χ3n) is 2.60. The van der Waals surface area contributed by atoms with Gasteiger partial charge in [0.2, 0.25) is 0 Å². The minimum absolute atomic E-state index is 0.259. The molecule has 1 saturated heterocycles. The van der Waals surface area contributed by atoms with E-state index in [1.165, 1.54) is 11.5 Å². The van der Waals surface area contributed by atoms with Gasteiger partial charge in [0, 0.05) is 12.5 Å². The van der Waals surface area contributed by atoms with Crippen LogP contribution in [-0.2, 0) is 4.74 Å². The van der Waals surface area contributed by atoms with Gasteiger partial charge in [-0.05, 0) is 18.4 Å². The molecule has 1 nitrogen and oxygen atoms in total. The van der Waals surface area contributed by atoms with Crippen molar-refractivity contribution in [2.75, 3.05) is 6.61 Å². The molecule has 1 aliphatic heterocycles. The molecule has 1 heterocycles. The summed E-state index contributed by atoms with van der Waals surface area (Å²) in [6.45, 7) is 4.61. The van der Waals surface area contributed by atoms with Crippen molar-refractivity contribution in [1.82, 2.24) is 0 Å². The van der Waals surface area contributed by atoms with E-state index in [1.807, 2.05) is 12.1 Å². The quantitative estimate of drug-likeness (QED) is 0.661. The zero-order valence-corrected chi connectivity index (χ0v) is 8.28. The van der Waals surface area contributed by atoms with Crippen molar-refractivity contribution in [3.05, 3.63) is 54.5 Å². The van der Waals surface area contributed by atoms with Crippen LogP contribution >= 0.6 is 0 Å². The van der Waals surface area contributed by atoms with Gasteiger partial charge in [-0.3, -0.25) is 0 Å². The van der Waals surface area contributed by atoms with Crippen LogP contribution in [0.25, 0.3) is 0 Å². The normalized spacial score (nSPS) is 22.4. The van der Waals surface area contributed by atoms with Gasteiger partial charge in [-0.2, -0.15) is 0 Å². The molecule has 1 unspecified atom stereocenters. The molecule has 1 radical (unpaired) electrons. The Labute approximate surface area is 85.4 Å². The fourth-order valence-electron chi connectivity index (χ4n) is 1.92. The van der Waals surface area contributed by atoms with Crippen molar-refractivity contribution in [3.8, 4) is 0 Å². The predicted molar refractivity (Wildman–Crippen MR) is 58.0 cm³/mol. The SMILES string of the molecule is C=CCC1OCC[C]1c1ccccc1. The van der Waals surface area contributed by atoms with E-state index < -0.39 is 0 Å². The maximum atomic E-state index is 5.65. The first-order valence-electron chi connectivity index (χ1n) is 5.05. The predicted octanol–water partition coefficient (Wildman–Crippen LogP) is 2.97. The molecule has 0 saturated carbocycles. The molecule has 0 spiro atoms. The molecular weight excluding hydrogens is 172 g/mol. The Hall–Kier alpha value is -1.08. The van der Waals surface area contributed by atoms with Crippen LogP contribution in [0, 0.1) is 5.92 Å². The molecule has 0 bridgehead atoms. The Balaban J connectivity index is 2.13. The Kier molecular flexibility index (Phi) is 3.00. The molecule has 1 aromatic carbocycles. The molecule has 1 heteroatoms. The van der Waals surface area contributed by atoms with E-state index in [0.29, 0.717) is 0 Å². The van der Waals surface area contributed by atoms with E-state index in [1.54, 1.807) is 0 Å². The Morgan fingerprint density at radius 2 is 2.14 bits per heavy atom. The lowest BCUT2D eigenvalue weighted by atomic mass is 9.91. The number of hydrogen-bond donors (Lipinski definition) is 0. The van der Waals surface area contributed by atoms with Crippen molar-refractivity contribution in [3.63, 3.8) is 0 Å². The summed E-state index contributed by atoms with van der Waals surface area (Å²) in [5, 5.41) is 0. The second kappa shape index (κ2) is 4.43. The Morgan fingerprint density at radius 3 is 2.86 bits per heavy atom. The van der Waals surface area contributed by atoms with Crippen molar-refractivity contribution < 1.29 is 4.74 Å². The molecule has 0 aromatic heterocycles. The summed E-state index contributed by atoms with van der Waals surface area (Å²) in [6, 6.07) is 10.5. The third-order valence-corrected chi connectivity index (χ3v) is 2.60. The minimum Gasteiger partial charge on any atom is -0.377 e. The van der Waals surface area contributed by atoms with Crippen LogP contribution < -0.4 is 0 Å². The molecular formula is C13H15O. The molecule has 73 valence electrons. The van der Waals surface area contributed by atoms with Crippen LogP contribution in [-0.4, -0.2) is 12.7 Å². The molecule has 0 aliphatic carbocycles. The molecule has 1 aliphatic rings. The first-order valence-corrected chi connectivity index (χ1v) is 5.05. The van der Waals surface area contributed by atoms with Crippen LogP contribution in [0.15, 0.2) is 43.0 Å². The Bertz CT molecular complexity index is 291. The van der Waals surface area contributed by atoms with E-state index in [2.05, 4.69) is 30.8 Å². The topological polar surface area (TPSA) is 9.23 Å². The fourth-order valence-corrected chi connectivity index (χ4v) is 1.92. The van der Waals surface area contributed by atoms with Gasteiger partial charge in [0.05, 0.1) is 6.10 Å². The lowest BCUT2D eigenvalue weighted by molar-refractivity contribution is 0.121. The Morgan fingerprint density at radius 1 is 1.36 bits per heavy atom. The van der Waals surface area contributed by atoms with E-state index in [0.717, 1.165) is 19.4 Å². The summed E-state index contributed by atoms with van der Waals surface area (Å²) < 4.78 is 5.65. The van der Waals surface area contributed by atoms with E-state index in [9.17, 15) is 0 Å². The first-order chi connectivity index (χ1) is 6.92. The molecule has 1 aromatic rings. The van der Waals surface area contributed by atoms with Crippen molar-refractivity contribution in [2.24, 2.45) is 0 Å². The van der Waals surface area contributed by atoms with Gasteiger partial charge in [-0.25, -0.2) is 0 Å². The van der Waals surface area contributed by atoms with Crippen molar-refractivity contribution in [1.29, 1.82) is 0 Å². The zero-order valence-electron chi connectivity index (χ0n) is 8.28. The summed E-state index contributed by atoms with van der Waals surface area (Å²) >= 11 is 0. The summed E-state index contributed by atoms with van der Waals surface area (Å²) in [5.74, 6) is 1.42. The molecule has 14 heavy (non-hydrogen) atoms. The maximum absolute atomic E-state index is 5.65. The van der Waals surface area contributed by atoms with Crippen LogP contribution in [0.4, 0.5) is 0 Å². The summed E-state index contributed by atoms with van der Waals surface area (Å²) in [5.41, 5.74) is 1.32. The van der Waals surface area contributed by atoms with Crippen LogP contribution in [0.1, 0.15) is 18.4 Å². The monoisotopic (exact) mass is 187 g/mol. The minimum atomic E-state index is 0.259. The summed E-state index contributed by atoms with van der Waals surface area (Å²) in [7, 11) is 0. The highest BCUT2D eigenvalue weighted by Crippen LogP contribution is 2.31. The van der Waals surface area contributed by atoms with Gasteiger partial charge in [-0.1, -0.05) is 36.4 Å². The average Bonchev–Trinajstić information content (AvgIpc) is 2.68. The standard InChI is InChI=1S/C13H15O/c1-2-6-13-12(9-10-14-13)11-7-4-3-5-8-11/h2-5,7-8,13H,1,6,9-10H2. The highest BCUT2D eigenvalue weighted by Gasteiger charge is 2.28. The van der Waals surface area contributed by atoms with Gasteiger partial charge in [0.1, 0.15) is 0 Å². The maximum Gasteiger partial charge on any atom is 0.0716 e. The highest BCUT2D eigenvalue weighted by atomic mass is 16.5. The lowest BCUT2D eigenvalue weighted by Gasteiger charge is -2.16. The molecule has 1 fully saturated rings. The highest BCUT2D eigenvalue weighted by molar-refractivity contribution is 5.34. The average molecular weight is 187 g/mol. The number of hydrogen-bond acceptors (Lipinski definition) is 1. The largest absolute Gasteiger partial charge is 0.377 e. The van der Waals surface area contributed by atoms with E-state index in [-0.39, 0.29) is 6.10 Å². The molecule has 0 N–H and O–H groups in total. The summed E-state index contributed by atoms with van der Waals surface area (Å²) in [6.07, 6.45) is 4.17. The van der Waals surface area contributed by atoms with Crippen molar-refractivity contribution >= 4 is 0 Å². The lowest BCUT2D eigenvalue weighted by Crippen LogP contribution is -2.13. The van der Waals surface area contributed by atoms with Gasteiger partial charge < -0.3 is 4.74 Å². The van der Waals surface area contributed by atoms with Crippen molar-refractivity contribution in [2.45, 2.75) is 18.9 Å². The fraction of sp³-hybridized carbons (Fsp3) is 0.308. The van der Waals surface area contributed by atoms with Gasteiger partial charge >= 0.3 is 0 Å². The van der Waals surface area contributed by atoms with E-state index in [4.69, 9.17) is 4.74 Å². The van der Waals surface area contributed by atoms with Crippen LogP contribution in [0.3, 0.4) is 0 Å². The smallest absolute Gasteiger partial charge is 0.0716 e. The molecule has 0 amide bonds. The van der Waals surface area contributed by atoms with Gasteiger partial charge in [0.15, 0.2) is 0 Å². The van der Waals surface area contributed by atoms with Gasteiger partial charge in [0.25, 0.3) is 0 Å². The number of rotatable bonds is 3. The summed E-state index contributed by atoms with van der Waals surface area (Å²) in [4.78, 5) is 0. The first kappa shape index (κ1) is 9.47. The molecule has 1 atom stereocenters. The van der Waals surface area contributed by atoms with Crippen LogP contribution in [0.2, 0.25) is 0 Å². The van der Waals surface area contributed by atoms with Gasteiger partial charge in [-0.15, -0.1) is 6.58 Å².